The third-order valence-corrected chi connectivity index (χ3v) is 2.22. The van der Waals surface area contributed by atoms with Gasteiger partial charge in [-0.05, 0) is 19.3 Å². The van der Waals surface area contributed by atoms with E-state index >= 15 is 0 Å². The number of hydrogen-bond acceptors (Lipinski definition) is 4. The molecule has 1 atom stereocenters. The van der Waals surface area contributed by atoms with Crippen LogP contribution in [0.3, 0.4) is 0 Å². The molecule has 0 rings (SSSR count). The maximum absolute atomic E-state index is 11.7. The van der Waals surface area contributed by atoms with Crippen molar-refractivity contribution in [2.75, 3.05) is 6.61 Å². The van der Waals surface area contributed by atoms with Crippen LogP contribution in [0.4, 0.5) is 0 Å². The van der Waals surface area contributed by atoms with E-state index in [1.54, 1.807) is 6.92 Å². The van der Waals surface area contributed by atoms with E-state index in [9.17, 15) is 14.4 Å². The van der Waals surface area contributed by atoms with Crippen molar-refractivity contribution in [3.8, 4) is 0 Å². The lowest BCUT2D eigenvalue weighted by molar-refractivity contribution is -0.153. The Hall–Kier alpha value is -1.19. The van der Waals surface area contributed by atoms with Crippen LogP contribution in [0.2, 0.25) is 0 Å². The Kier molecular flexibility index (Phi) is 6.07. The number of hydrogen-bond donors (Lipinski definition) is 0. The van der Waals surface area contributed by atoms with Gasteiger partial charge in [0.05, 0.1) is 6.61 Å². The molecule has 98 valence electrons. The fraction of sp³-hybridized carbons (Fsp3) is 0.769. The summed E-state index contributed by atoms with van der Waals surface area (Å²) in [6, 6.07) is 0. The molecule has 0 amide bonds. The minimum Gasteiger partial charge on any atom is -0.465 e. The molecule has 0 bridgehead atoms. The first-order valence-electron chi connectivity index (χ1n) is 5.86. The van der Waals surface area contributed by atoms with E-state index in [2.05, 4.69) is 0 Å². The molecule has 0 aliphatic rings. The van der Waals surface area contributed by atoms with Crippen LogP contribution >= 0.6 is 0 Å². The summed E-state index contributed by atoms with van der Waals surface area (Å²) in [6.07, 6.45) is 0.307. The fourth-order valence-electron chi connectivity index (χ4n) is 1.53. The lowest BCUT2D eigenvalue weighted by Crippen LogP contribution is -2.28. The predicted molar refractivity (Wildman–Crippen MR) is 64.5 cm³/mol. The van der Waals surface area contributed by atoms with Gasteiger partial charge in [-0.15, -0.1) is 0 Å². The second-order valence-electron chi connectivity index (χ2n) is 5.40. The molecule has 0 spiro atoms. The van der Waals surface area contributed by atoms with Gasteiger partial charge in [0.2, 0.25) is 0 Å². The van der Waals surface area contributed by atoms with Crippen molar-refractivity contribution < 1.29 is 19.1 Å². The molecule has 4 nitrogen and oxygen atoms in total. The van der Waals surface area contributed by atoms with Gasteiger partial charge in [0.15, 0.2) is 0 Å². The summed E-state index contributed by atoms with van der Waals surface area (Å²) in [5.41, 5.74) is -0.132. The molecule has 0 aliphatic carbocycles. The lowest BCUT2D eigenvalue weighted by atomic mass is 9.86. The van der Waals surface area contributed by atoms with E-state index in [4.69, 9.17) is 4.74 Å². The lowest BCUT2D eigenvalue weighted by Gasteiger charge is -2.18. The van der Waals surface area contributed by atoms with Crippen molar-refractivity contribution in [2.45, 2.75) is 47.5 Å². The van der Waals surface area contributed by atoms with Gasteiger partial charge >= 0.3 is 5.97 Å². The maximum Gasteiger partial charge on any atom is 0.316 e. The largest absolute Gasteiger partial charge is 0.465 e. The molecule has 0 aromatic rings. The number of Topliss-reactive ketones (excluding diaryl/α,β-unsaturated/α-hetero) is 2. The molecule has 0 saturated heterocycles. The summed E-state index contributed by atoms with van der Waals surface area (Å²) >= 11 is 0. The Morgan fingerprint density at radius 3 is 2.06 bits per heavy atom. The number of rotatable bonds is 6. The second kappa shape index (κ2) is 6.52. The predicted octanol–water partition coefficient (Wildman–Crippen LogP) is 2.15. The maximum atomic E-state index is 11.7. The third kappa shape index (κ3) is 6.87. The first kappa shape index (κ1) is 15.8. The average Bonchev–Trinajstić information content (AvgIpc) is 2.11. The highest BCUT2D eigenvalue weighted by Gasteiger charge is 2.28. The summed E-state index contributed by atoms with van der Waals surface area (Å²) in [7, 11) is 0. The first-order chi connectivity index (χ1) is 7.67. The van der Waals surface area contributed by atoms with Crippen molar-refractivity contribution in [1.29, 1.82) is 0 Å². The van der Waals surface area contributed by atoms with Crippen LogP contribution in [-0.4, -0.2) is 24.1 Å². The summed E-state index contributed by atoms with van der Waals surface area (Å²) in [6.45, 7) is 9.03. The van der Waals surface area contributed by atoms with Crippen LogP contribution in [0.25, 0.3) is 0 Å². The third-order valence-electron chi connectivity index (χ3n) is 2.22. The molecule has 4 heteroatoms. The van der Waals surface area contributed by atoms with Gasteiger partial charge in [-0.3, -0.25) is 14.4 Å². The summed E-state index contributed by atoms with van der Waals surface area (Å²) in [4.78, 5) is 34.5. The monoisotopic (exact) mass is 242 g/mol. The van der Waals surface area contributed by atoms with E-state index in [0.717, 1.165) is 0 Å². The van der Waals surface area contributed by atoms with Gasteiger partial charge in [-0.2, -0.15) is 0 Å². The number of ether oxygens (including phenoxy) is 1. The van der Waals surface area contributed by atoms with Crippen molar-refractivity contribution in [3.63, 3.8) is 0 Å². The average molecular weight is 242 g/mol. The second-order valence-corrected chi connectivity index (χ2v) is 5.40. The van der Waals surface area contributed by atoms with E-state index < -0.39 is 11.9 Å². The molecular formula is C13H22O4. The van der Waals surface area contributed by atoms with Gasteiger partial charge in [-0.1, -0.05) is 20.8 Å². The van der Waals surface area contributed by atoms with Crippen LogP contribution in [0.5, 0.6) is 0 Å². The highest BCUT2D eigenvalue weighted by molar-refractivity contribution is 6.01. The van der Waals surface area contributed by atoms with E-state index in [-0.39, 0.29) is 30.0 Å². The minimum absolute atomic E-state index is 0.0502. The summed E-state index contributed by atoms with van der Waals surface area (Å²) in [5.74, 6) is -1.93. The molecule has 0 heterocycles. The van der Waals surface area contributed by atoms with Crippen LogP contribution in [0, 0.1) is 11.3 Å². The Bertz CT molecular complexity index is 299. The van der Waals surface area contributed by atoms with Gasteiger partial charge in [0.1, 0.15) is 17.5 Å². The van der Waals surface area contributed by atoms with Gasteiger partial charge in [0, 0.05) is 12.8 Å². The van der Waals surface area contributed by atoms with E-state index in [1.165, 1.54) is 6.92 Å². The zero-order chi connectivity index (χ0) is 13.6. The van der Waals surface area contributed by atoms with E-state index in [1.807, 2.05) is 20.8 Å². The SMILES string of the molecule is CCOC(=O)[C@@H](CC(=O)CC(C)(C)C)C(C)=O. The molecule has 0 aromatic heterocycles. The topological polar surface area (TPSA) is 60.4 Å². The fourth-order valence-corrected chi connectivity index (χ4v) is 1.53. The van der Waals surface area contributed by atoms with Crippen LogP contribution in [0.1, 0.15) is 47.5 Å². The Labute approximate surface area is 103 Å². The molecule has 0 N–H and O–H groups in total. The molecule has 0 saturated carbocycles. The number of carbonyl (C=O) groups excluding carboxylic acids is 3. The van der Waals surface area contributed by atoms with Crippen molar-refractivity contribution in [1.82, 2.24) is 0 Å². The minimum atomic E-state index is -0.940. The molecule has 0 radical (unpaired) electrons. The van der Waals surface area contributed by atoms with Crippen molar-refractivity contribution in [3.05, 3.63) is 0 Å². The quantitative estimate of drug-likeness (QED) is 0.529. The summed E-state index contributed by atoms with van der Waals surface area (Å²) < 4.78 is 4.78. The molecule has 17 heavy (non-hydrogen) atoms. The number of ketones is 2. The molecule has 0 aromatic carbocycles. The zero-order valence-corrected chi connectivity index (χ0v) is 11.3. The van der Waals surface area contributed by atoms with Crippen molar-refractivity contribution in [2.24, 2.45) is 11.3 Å². The summed E-state index contributed by atoms with van der Waals surface area (Å²) in [5, 5.41) is 0. The standard InChI is InChI=1S/C13H22O4/c1-6-17-12(16)11(9(2)14)7-10(15)8-13(3,4)5/h11H,6-8H2,1-5H3/t11-/m0/s1. The Balaban J connectivity index is 4.51. The van der Waals surface area contributed by atoms with Gasteiger partial charge < -0.3 is 4.74 Å². The normalized spacial score (nSPS) is 13.0. The van der Waals surface area contributed by atoms with Crippen LogP contribution < -0.4 is 0 Å². The van der Waals surface area contributed by atoms with Crippen molar-refractivity contribution >= 4 is 17.5 Å². The van der Waals surface area contributed by atoms with Gasteiger partial charge in [0.25, 0.3) is 0 Å². The first-order valence-corrected chi connectivity index (χ1v) is 5.86. The highest BCUT2D eigenvalue weighted by Crippen LogP contribution is 2.21. The molecular weight excluding hydrogens is 220 g/mol. The molecule has 0 fully saturated rings. The van der Waals surface area contributed by atoms with Crippen LogP contribution in [-0.2, 0) is 19.1 Å². The number of carbonyl (C=O) groups is 3. The Morgan fingerprint density at radius 1 is 1.18 bits per heavy atom. The Morgan fingerprint density at radius 2 is 1.71 bits per heavy atom. The van der Waals surface area contributed by atoms with E-state index in [0.29, 0.717) is 6.42 Å². The molecule has 0 unspecified atom stereocenters. The highest BCUT2D eigenvalue weighted by atomic mass is 16.5. The number of esters is 1. The zero-order valence-electron chi connectivity index (χ0n) is 11.3. The van der Waals surface area contributed by atoms with Crippen LogP contribution in [0.15, 0.2) is 0 Å². The van der Waals surface area contributed by atoms with Gasteiger partial charge in [-0.25, -0.2) is 0 Å². The molecule has 0 aliphatic heterocycles. The smallest absolute Gasteiger partial charge is 0.316 e.